The average molecular weight is 345 g/mol. The van der Waals surface area contributed by atoms with Crippen LogP contribution in [-0.4, -0.2) is 32.9 Å². The van der Waals surface area contributed by atoms with E-state index in [4.69, 9.17) is 17.0 Å². The van der Waals surface area contributed by atoms with Gasteiger partial charge in [0.25, 0.3) is 0 Å². The molecule has 3 N–H and O–H groups in total. The second-order valence-corrected chi connectivity index (χ2v) is 6.36. The van der Waals surface area contributed by atoms with Crippen LogP contribution in [0.4, 0.5) is 0 Å². The van der Waals surface area contributed by atoms with Gasteiger partial charge in [-0.15, -0.1) is 0 Å². The predicted molar refractivity (Wildman–Crippen MR) is 102 cm³/mol. The van der Waals surface area contributed by atoms with Gasteiger partial charge in [0.15, 0.2) is 5.11 Å². The van der Waals surface area contributed by atoms with Crippen LogP contribution in [0.25, 0.3) is 0 Å². The Balaban J connectivity index is 1.82. The van der Waals surface area contributed by atoms with Crippen molar-refractivity contribution in [2.45, 2.75) is 12.6 Å². The highest BCUT2D eigenvalue weighted by Gasteiger charge is 2.17. The molecule has 0 unspecified atom stereocenters. The Bertz CT molecular complexity index is 629. The Labute approximate surface area is 149 Å². The van der Waals surface area contributed by atoms with E-state index in [0.717, 1.165) is 17.9 Å². The lowest BCUT2D eigenvalue weighted by Gasteiger charge is -2.23. The lowest BCUT2D eigenvalue weighted by molar-refractivity contribution is -0.890. The van der Waals surface area contributed by atoms with Gasteiger partial charge in [-0.2, -0.15) is 0 Å². The van der Waals surface area contributed by atoms with Crippen molar-refractivity contribution in [1.82, 2.24) is 10.6 Å². The topological polar surface area (TPSA) is 37.7 Å². The standard InChI is InChI=1S/C19H25N3OS/c1-22(2)18(16-7-5-4-6-8-16)14-21-19(24)20-13-15-9-11-17(23-3)12-10-15/h4-12,18H,13-14H2,1-3H3,(H2,20,21,24)/p+1/t18-/m1/s1. The van der Waals surface area contributed by atoms with E-state index in [1.54, 1.807) is 7.11 Å². The monoisotopic (exact) mass is 344 g/mol. The number of hydrogen-bond donors (Lipinski definition) is 3. The molecule has 0 amide bonds. The molecule has 0 aliphatic rings. The molecule has 0 aliphatic carbocycles. The molecule has 4 nitrogen and oxygen atoms in total. The van der Waals surface area contributed by atoms with E-state index >= 15 is 0 Å². The summed E-state index contributed by atoms with van der Waals surface area (Å²) in [7, 11) is 5.99. The summed E-state index contributed by atoms with van der Waals surface area (Å²) in [6, 6.07) is 18.8. The van der Waals surface area contributed by atoms with Gasteiger partial charge in [-0.05, 0) is 29.9 Å². The number of likely N-dealkylation sites (N-methyl/N-ethyl adjacent to an activating group) is 1. The van der Waals surface area contributed by atoms with E-state index in [0.29, 0.717) is 17.7 Å². The minimum Gasteiger partial charge on any atom is -0.497 e. The number of methoxy groups -OCH3 is 1. The molecule has 24 heavy (non-hydrogen) atoms. The van der Waals surface area contributed by atoms with Crippen molar-refractivity contribution in [2.75, 3.05) is 27.7 Å². The summed E-state index contributed by atoms with van der Waals surface area (Å²) in [6.45, 7) is 1.49. The molecule has 0 saturated heterocycles. The number of nitrogens with one attached hydrogen (secondary N) is 3. The van der Waals surface area contributed by atoms with Crippen molar-refractivity contribution in [2.24, 2.45) is 0 Å². The first-order valence-electron chi connectivity index (χ1n) is 8.09. The largest absolute Gasteiger partial charge is 0.497 e. The van der Waals surface area contributed by atoms with Gasteiger partial charge in [0.1, 0.15) is 11.8 Å². The van der Waals surface area contributed by atoms with Crippen LogP contribution in [0, 0.1) is 0 Å². The molecule has 0 fully saturated rings. The molecule has 0 bridgehead atoms. The average Bonchev–Trinajstić information content (AvgIpc) is 2.61. The third-order valence-electron chi connectivity index (χ3n) is 3.98. The minimum atomic E-state index is 0.354. The van der Waals surface area contributed by atoms with Crippen LogP contribution in [0.1, 0.15) is 17.2 Å². The van der Waals surface area contributed by atoms with Crippen molar-refractivity contribution in [3.05, 3.63) is 65.7 Å². The van der Waals surface area contributed by atoms with Crippen LogP contribution in [0.3, 0.4) is 0 Å². The van der Waals surface area contributed by atoms with Crippen molar-refractivity contribution in [3.63, 3.8) is 0 Å². The highest BCUT2D eigenvalue weighted by Crippen LogP contribution is 2.11. The molecule has 128 valence electrons. The minimum absolute atomic E-state index is 0.354. The third kappa shape index (κ3) is 5.51. The summed E-state index contributed by atoms with van der Waals surface area (Å²) in [5, 5.41) is 7.26. The van der Waals surface area contributed by atoms with Gasteiger partial charge in [-0.1, -0.05) is 42.5 Å². The number of rotatable bonds is 7. The summed E-state index contributed by atoms with van der Waals surface area (Å²) in [6.07, 6.45) is 0. The smallest absolute Gasteiger partial charge is 0.166 e. The molecule has 2 aromatic carbocycles. The van der Waals surface area contributed by atoms with Crippen LogP contribution in [-0.2, 0) is 6.54 Å². The van der Waals surface area contributed by atoms with Crippen LogP contribution < -0.4 is 20.3 Å². The molecule has 0 heterocycles. The first-order valence-corrected chi connectivity index (χ1v) is 8.50. The number of thiocarbonyl (C=S) groups is 1. The van der Waals surface area contributed by atoms with Crippen LogP contribution >= 0.6 is 12.2 Å². The van der Waals surface area contributed by atoms with Crippen molar-refractivity contribution in [3.8, 4) is 5.75 Å². The van der Waals surface area contributed by atoms with Crippen LogP contribution in [0.5, 0.6) is 5.75 Å². The number of benzene rings is 2. The lowest BCUT2D eigenvalue weighted by Crippen LogP contribution is -3.07. The highest BCUT2D eigenvalue weighted by atomic mass is 32.1. The third-order valence-corrected chi connectivity index (χ3v) is 4.27. The van der Waals surface area contributed by atoms with Gasteiger partial charge in [0.2, 0.25) is 0 Å². The molecule has 1 atom stereocenters. The molecule has 5 heteroatoms. The van der Waals surface area contributed by atoms with Crippen molar-refractivity contribution in [1.29, 1.82) is 0 Å². The molecular formula is C19H26N3OS+. The number of hydrogen-bond acceptors (Lipinski definition) is 2. The highest BCUT2D eigenvalue weighted by molar-refractivity contribution is 7.80. The van der Waals surface area contributed by atoms with E-state index in [1.807, 2.05) is 30.3 Å². The van der Waals surface area contributed by atoms with E-state index in [2.05, 4.69) is 49.0 Å². The van der Waals surface area contributed by atoms with Gasteiger partial charge < -0.3 is 20.3 Å². The molecule has 2 aromatic rings. The second kappa shape index (κ2) is 9.25. The van der Waals surface area contributed by atoms with E-state index in [-0.39, 0.29) is 0 Å². The quantitative estimate of drug-likeness (QED) is 0.666. The van der Waals surface area contributed by atoms with Gasteiger partial charge in [-0.25, -0.2) is 0 Å². The number of quaternary nitrogens is 1. The zero-order valence-corrected chi connectivity index (χ0v) is 15.3. The zero-order valence-electron chi connectivity index (χ0n) is 14.5. The van der Waals surface area contributed by atoms with Crippen molar-refractivity contribution < 1.29 is 9.64 Å². The summed E-state index contributed by atoms with van der Waals surface area (Å²) in [5.74, 6) is 0.860. The van der Waals surface area contributed by atoms with Gasteiger partial charge in [0, 0.05) is 12.1 Å². The Hall–Kier alpha value is -2.11. The zero-order chi connectivity index (χ0) is 17.4. The van der Waals surface area contributed by atoms with Gasteiger partial charge in [0.05, 0.1) is 27.7 Å². The molecule has 0 radical (unpaired) electrons. The van der Waals surface area contributed by atoms with Gasteiger partial charge in [-0.3, -0.25) is 0 Å². The Morgan fingerprint density at radius 3 is 2.29 bits per heavy atom. The summed E-state index contributed by atoms with van der Waals surface area (Å²) in [4.78, 5) is 1.37. The van der Waals surface area contributed by atoms with E-state index in [1.165, 1.54) is 10.5 Å². The maximum atomic E-state index is 5.40. The molecule has 0 aromatic heterocycles. The molecular weight excluding hydrogens is 318 g/mol. The molecule has 2 rings (SSSR count). The summed E-state index contributed by atoms with van der Waals surface area (Å²) >= 11 is 5.40. The predicted octanol–water partition coefficient (Wildman–Crippen LogP) is 1.55. The van der Waals surface area contributed by atoms with Crippen molar-refractivity contribution >= 4 is 17.3 Å². The second-order valence-electron chi connectivity index (χ2n) is 5.95. The Morgan fingerprint density at radius 1 is 1.04 bits per heavy atom. The maximum absolute atomic E-state index is 5.40. The van der Waals surface area contributed by atoms with Crippen LogP contribution in [0.15, 0.2) is 54.6 Å². The first-order chi connectivity index (χ1) is 11.6. The summed E-state index contributed by atoms with van der Waals surface area (Å²) in [5.41, 5.74) is 2.47. The summed E-state index contributed by atoms with van der Waals surface area (Å²) < 4.78 is 5.16. The fraction of sp³-hybridized carbons (Fsp3) is 0.316. The molecule has 0 aliphatic heterocycles. The Morgan fingerprint density at radius 2 is 1.71 bits per heavy atom. The first kappa shape index (κ1) is 18.2. The Kier molecular flexibility index (Phi) is 7.03. The fourth-order valence-electron chi connectivity index (χ4n) is 2.52. The SMILES string of the molecule is COc1ccc(CNC(=S)NC[C@H](c2ccccc2)[NH+](C)C)cc1. The van der Waals surface area contributed by atoms with E-state index < -0.39 is 0 Å². The fourth-order valence-corrected chi connectivity index (χ4v) is 2.68. The van der Waals surface area contributed by atoms with Gasteiger partial charge >= 0.3 is 0 Å². The lowest BCUT2D eigenvalue weighted by atomic mass is 10.1. The number of ether oxygens (including phenoxy) is 1. The maximum Gasteiger partial charge on any atom is 0.166 e. The molecule has 0 saturated carbocycles. The molecule has 0 spiro atoms. The van der Waals surface area contributed by atoms with E-state index in [9.17, 15) is 0 Å². The van der Waals surface area contributed by atoms with Crippen LogP contribution in [0.2, 0.25) is 0 Å². The normalized spacial score (nSPS) is 11.8.